The largest absolute Gasteiger partial charge is 0.345 e. The van der Waals surface area contributed by atoms with E-state index in [4.69, 9.17) is 4.52 Å². The first-order valence-corrected chi connectivity index (χ1v) is 4.96. The maximum Gasteiger partial charge on any atom is 0.152 e. The topological polar surface area (TPSA) is 38.9 Å². The minimum atomic E-state index is 0.0928. The van der Waals surface area contributed by atoms with Crippen LogP contribution in [0.2, 0.25) is 0 Å². The van der Waals surface area contributed by atoms with E-state index in [2.05, 4.69) is 37.2 Å². The minimum Gasteiger partial charge on any atom is -0.345 e. The van der Waals surface area contributed by atoms with Gasteiger partial charge in [-0.1, -0.05) is 45.0 Å². The molecule has 0 atom stereocenters. The molecule has 0 spiro atoms. The number of rotatable bonds is 1. The molecule has 0 N–H and O–H groups in total. The van der Waals surface area contributed by atoms with Crippen LogP contribution in [0, 0.1) is 0 Å². The Bertz CT molecular complexity index is 441. The smallest absolute Gasteiger partial charge is 0.152 e. The Morgan fingerprint density at radius 3 is 2.47 bits per heavy atom. The second-order valence-corrected chi connectivity index (χ2v) is 4.59. The summed E-state index contributed by atoms with van der Waals surface area (Å²) in [6.45, 7) is 6.54. The zero-order chi connectivity index (χ0) is 10.9. The molecular weight excluding hydrogens is 188 g/mol. The Balaban J connectivity index is 2.58. The molecule has 1 aromatic carbocycles. The zero-order valence-corrected chi connectivity index (χ0v) is 9.19. The highest BCUT2D eigenvalue weighted by Gasteiger charge is 2.19. The quantitative estimate of drug-likeness (QED) is 0.713. The summed E-state index contributed by atoms with van der Waals surface area (Å²) in [5.41, 5.74) is 3.22. The normalized spacial score (nSPS) is 11.7. The number of hydrogen-bond donors (Lipinski definition) is 0. The van der Waals surface area contributed by atoms with Crippen LogP contribution in [-0.2, 0) is 5.41 Å². The van der Waals surface area contributed by atoms with Crippen LogP contribution < -0.4 is 0 Å². The first kappa shape index (κ1) is 9.90. The molecule has 0 aliphatic heterocycles. The molecule has 0 saturated carbocycles. The van der Waals surface area contributed by atoms with Crippen molar-refractivity contribution in [1.82, 2.24) is 10.4 Å². The molecule has 0 fully saturated rings. The average Bonchev–Trinajstić information content (AvgIpc) is 2.69. The van der Waals surface area contributed by atoms with Gasteiger partial charge in [0.1, 0.15) is 5.69 Å². The van der Waals surface area contributed by atoms with Crippen molar-refractivity contribution in [3.05, 3.63) is 36.1 Å². The average molecular weight is 202 g/mol. The van der Waals surface area contributed by atoms with Gasteiger partial charge < -0.3 is 4.52 Å². The van der Waals surface area contributed by atoms with E-state index in [1.54, 1.807) is 6.26 Å². The van der Waals surface area contributed by atoms with Crippen molar-refractivity contribution in [3.63, 3.8) is 0 Å². The van der Waals surface area contributed by atoms with Crippen LogP contribution in [0.5, 0.6) is 0 Å². The second kappa shape index (κ2) is 3.50. The molecule has 2 aromatic rings. The minimum absolute atomic E-state index is 0.0928. The van der Waals surface area contributed by atoms with Crippen LogP contribution in [0.4, 0.5) is 0 Å². The number of hydrogen-bond acceptors (Lipinski definition) is 3. The fourth-order valence-corrected chi connectivity index (χ4v) is 1.64. The van der Waals surface area contributed by atoms with Gasteiger partial charge in [-0.05, 0) is 11.0 Å². The Morgan fingerprint density at radius 1 is 1.13 bits per heavy atom. The van der Waals surface area contributed by atoms with Gasteiger partial charge >= 0.3 is 0 Å². The first-order chi connectivity index (χ1) is 7.09. The molecule has 78 valence electrons. The molecule has 1 heterocycles. The van der Waals surface area contributed by atoms with Crippen LogP contribution in [-0.4, -0.2) is 10.4 Å². The molecule has 0 radical (unpaired) electrons. The summed E-state index contributed by atoms with van der Waals surface area (Å²) in [5, 5.41) is 7.44. The van der Waals surface area contributed by atoms with Gasteiger partial charge in [0.15, 0.2) is 6.26 Å². The van der Waals surface area contributed by atoms with Gasteiger partial charge in [-0.15, -0.1) is 5.10 Å². The molecule has 0 saturated heterocycles. The van der Waals surface area contributed by atoms with Gasteiger partial charge in [-0.25, -0.2) is 0 Å². The van der Waals surface area contributed by atoms with Crippen molar-refractivity contribution in [3.8, 4) is 11.3 Å². The lowest BCUT2D eigenvalue weighted by Crippen LogP contribution is -2.12. The van der Waals surface area contributed by atoms with Crippen molar-refractivity contribution in [2.45, 2.75) is 26.2 Å². The van der Waals surface area contributed by atoms with Crippen molar-refractivity contribution in [1.29, 1.82) is 0 Å². The van der Waals surface area contributed by atoms with Gasteiger partial charge in [-0.2, -0.15) is 0 Å². The third-order valence-electron chi connectivity index (χ3n) is 2.37. The van der Waals surface area contributed by atoms with Crippen molar-refractivity contribution >= 4 is 0 Å². The second-order valence-electron chi connectivity index (χ2n) is 4.59. The fourth-order valence-electron chi connectivity index (χ4n) is 1.64. The maximum atomic E-state index is 4.78. The molecule has 1 aromatic heterocycles. The van der Waals surface area contributed by atoms with Crippen molar-refractivity contribution in [2.24, 2.45) is 0 Å². The van der Waals surface area contributed by atoms with E-state index >= 15 is 0 Å². The van der Waals surface area contributed by atoms with Crippen LogP contribution in [0.1, 0.15) is 26.3 Å². The van der Waals surface area contributed by atoms with E-state index in [0.29, 0.717) is 0 Å². The van der Waals surface area contributed by atoms with E-state index in [-0.39, 0.29) is 5.41 Å². The molecule has 3 heteroatoms. The molecular formula is C12H14N2O. The highest BCUT2D eigenvalue weighted by molar-refractivity contribution is 5.63. The third kappa shape index (κ3) is 1.91. The SMILES string of the molecule is CC(C)(C)c1ccccc1-c1conn1. The Hall–Kier alpha value is -1.64. The van der Waals surface area contributed by atoms with Crippen LogP contribution in [0.15, 0.2) is 35.1 Å². The summed E-state index contributed by atoms with van der Waals surface area (Å²) in [7, 11) is 0. The Morgan fingerprint density at radius 2 is 1.87 bits per heavy atom. The van der Waals surface area contributed by atoms with Crippen LogP contribution >= 0.6 is 0 Å². The van der Waals surface area contributed by atoms with Gasteiger partial charge in [0.05, 0.1) is 0 Å². The molecule has 0 amide bonds. The Kier molecular flexibility index (Phi) is 2.31. The monoisotopic (exact) mass is 202 g/mol. The summed E-state index contributed by atoms with van der Waals surface area (Å²) in [5.74, 6) is 0. The molecule has 0 aliphatic carbocycles. The molecule has 15 heavy (non-hydrogen) atoms. The highest BCUT2D eigenvalue weighted by Crippen LogP contribution is 2.31. The van der Waals surface area contributed by atoms with E-state index in [1.807, 2.05) is 18.2 Å². The van der Waals surface area contributed by atoms with Gasteiger partial charge in [-0.3, -0.25) is 0 Å². The lowest BCUT2D eigenvalue weighted by atomic mass is 9.83. The summed E-state index contributed by atoms with van der Waals surface area (Å²) in [6.07, 6.45) is 1.57. The zero-order valence-electron chi connectivity index (χ0n) is 9.19. The lowest BCUT2D eigenvalue weighted by molar-refractivity contribution is 0.393. The van der Waals surface area contributed by atoms with Crippen molar-refractivity contribution < 1.29 is 4.52 Å². The number of nitrogens with zero attached hydrogens (tertiary/aromatic N) is 2. The third-order valence-corrected chi connectivity index (χ3v) is 2.37. The van der Waals surface area contributed by atoms with E-state index < -0.39 is 0 Å². The predicted octanol–water partition coefficient (Wildman–Crippen LogP) is 3.03. The standard InChI is InChI=1S/C12H14N2O/c1-12(2,3)10-7-5-4-6-9(10)11-8-15-14-13-11/h4-8H,1-3H3. The summed E-state index contributed by atoms with van der Waals surface area (Å²) < 4.78 is 4.78. The summed E-state index contributed by atoms with van der Waals surface area (Å²) in [6, 6.07) is 8.20. The number of aromatic nitrogens is 2. The lowest BCUT2D eigenvalue weighted by Gasteiger charge is -2.21. The molecule has 3 nitrogen and oxygen atoms in total. The predicted molar refractivity (Wildman–Crippen MR) is 58.4 cm³/mol. The molecule has 2 rings (SSSR count). The Labute approximate surface area is 89.1 Å². The van der Waals surface area contributed by atoms with E-state index in [9.17, 15) is 0 Å². The van der Waals surface area contributed by atoms with E-state index in [1.165, 1.54) is 5.56 Å². The molecule has 0 aliphatic rings. The van der Waals surface area contributed by atoms with Crippen LogP contribution in [0.3, 0.4) is 0 Å². The van der Waals surface area contributed by atoms with Gasteiger partial charge in [0, 0.05) is 10.8 Å². The fraction of sp³-hybridized carbons (Fsp3) is 0.333. The summed E-state index contributed by atoms with van der Waals surface area (Å²) in [4.78, 5) is 0. The number of benzene rings is 1. The van der Waals surface area contributed by atoms with Gasteiger partial charge in [0.2, 0.25) is 0 Å². The van der Waals surface area contributed by atoms with E-state index in [0.717, 1.165) is 11.3 Å². The molecule has 0 bridgehead atoms. The first-order valence-electron chi connectivity index (χ1n) is 4.96. The summed E-state index contributed by atoms with van der Waals surface area (Å²) >= 11 is 0. The van der Waals surface area contributed by atoms with Gasteiger partial charge in [0.25, 0.3) is 0 Å². The molecule has 0 unspecified atom stereocenters. The van der Waals surface area contributed by atoms with Crippen molar-refractivity contribution in [2.75, 3.05) is 0 Å². The van der Waals surface area contributed by atoms with Crippen LogP contribution in [0.25, 0.3) is 11.3 Å². The maximum absolute atomic E-state index is 4.78. The highest BCUT2D eigenvalue weighted by atomic mass is 16.5.